The highest BCUT2D eigenvalue weighted by Crippen LogP contribution is 2.22. The zero-order valence-electron chi connectivity index (χ0n) is 16.9. The minimum atomic E-state index is -0.381. The number of benzene rings is 1. The van der Waals surface area contributed by atoms with Gasteiger partial charge < -0.3 is 15.5 Å². The summed E-state index contributed by atoms with van der Waals surface area (Å²) in [7, 11) is 1.50. The third-order valence-corrected chi connectivity index (χ3v) is 4.84. The van der Waals surface area contributed by atoms with Crippen LogP contribution in [0.3, 0.4) is 0 Å². The van der Waals surface area contributed by atoms with E-state index in [0.29, 0.717) is 5.69 Å². The van der Waals surface area contributed by atoms with Crippen molar-refractivity contribution < 1.29 is 4.79 Å². The Morgan fingerprint density at radius 3 is 2.40 bits per heavy atom. The second kappa shape index (κ2) is 8.32. The van der Waals surface area contributed by atoms with Crippen LogP contribution in [0, 0.1) is 6.92 Å². The zero-order chi connectivity index (χ0) is 21.1. The Bertz CT molecular complexity index is 1120. The van der Waals surface area contributed by atoms with Gasteiger partial charge in [0.1, 0.15) is 11.5 Å². The van der Waals surface area contributed by atoms with Crippen molar-refractivity contribution in [2.24, 2.45) is 7.05 Å². The molecule has 3 heterocycles. The lowest BCUT2D eigenvalue weighted by Crippen LogP contribution is -2.23. The van der Waals surface area contributed by atoms with E-state index >= 15 is 0 Å². The Hall–Kier alpha value is -3.75. The van der Waals surface area contributed by atoms with Crippen molar-refractivity contribution in [1.29, 1.82) is 0 Å². The molecule has 1 aromatic carbocycles. The first-order chi connectivity index (χ1) is 14.5. The monoisotopic (exact) mass is 405 g/mol. The molecule has 0 saturated carbocycles. The molecule has 2 N–H and O–H groups in total. The van der Waals surface area contributed by atoms with Crippen LogP contribution >= 0.6 is 0 Å². The molecule has 0 atom stereocenters. The van der Waals surface area contributed by atoms with Gasteiger partial charge in [0.2, 0.25) is 5.95 Å². The molecule has 2 aromatic heterocycles. The van der Waals surface area contributed by atoms with Gasteiger partial charge in [-0.3, -0.25) is 9.59 Å². The molecule has 1 aliphatic rings. The Kier molecular flexibility index (Phi) is 5.42. The highest BCUT2D eigenvalue weighted by Gasteiger charge is 2.16. The molecular weight excluding hydrogens is 382 g/mol. The Morgan fingerprint density at radius 1 is 1.00 bits per heavy atom. The lowest BCUT2D eigenvalue weighted by molar-refractivity contribution is 0.102. The molecule has 154 valence electrons. The summed E-state index contributed by atoms with van der Waals surface area (Å²) in [6, 6.07) is 11.9. The van der Waals surface area contributed by atoms with Crippen LogP contribution in [0.5, 0.6) is 0 Å². The normalized spacial score (nSPS) is 13.3. The fraction of sp³-hybridized carbons (Fsp3) is 0.286. The van der Waals surface area contributed by atoms with Gasteiger partial charge >= 0.3 is 0 Å². The molecule has 0 unspecified atom stereocenters. The number of nitrogens with zero attached hydrogens (tertiary/aromatic N) is 5. The topological polar surface area (TPSA) is 105 Å². The molecule has 30 heavy (non-hydrogen) atoms. The Balaban J connectivity index is 1.44. The van der Waals surface area contributed by atoms with Crippen LogP contribution in [-0.2, 0) is 7.05 Å². The van der Waals surface area contributed by atoms with Gasteiger partial charge in [-0.2, -0.15) is 10.1 Å². The van der Waals surface area contributed by atoms with Crippen LogP contribution in [0.25, 0.3) is 0 Å². The van der Waals surface area contributed by atoms with Gasteiger partial charge in [0, 0.05) is 49.3 Å². The standard InChI is InChI=1S/C21H23N7O2/c1-14-13-18(25-21(22-14)28-11-3-4-12-28)23-15-5-7-16(8-6-15)24-20(30)17-9-10-19(29)27(2)26-17/h5-10,13H,3-4,11-12H2,1-2H3,(H,24,30)(H,22,23,25). The summed E-state index contributed by atoms with van der Waals surface area (Å²) in [5.41, 5.74) is 2.28. The van der Waals surface area contributed by atoms with Crippen LogP contribution in [0.1, 0.15) is 29.0 Å². The summed E-state index contributed by atoms with van der Waals surface area (Å²) in [4.78, 5) is 35.1. The highest BCUT2D eigenvalue weighted by atomic mass is 16.2. The minimum Gasteiger partial charge on any atom is -0.341 e. The van der Waals surface area contributed by atoms with Gasteiger partial charge in [0.15, 0.2) is 0 Å². The van der Waals surface area contributed by atoms with E-state index in [2.05, 4.69) is 30.6 Å². The second-order valence-electron chi connectivity index (χ2n) is 7.23. The maximum Gasteiger partial charge on any atom is 0.276 e. The number of hydrogen-bond acceptors (Lipinski definition) is 7. The summed E-state index contributed by atoms with van der Waals surface area (Å²) in [5, 5.41) is 10.0. The lowest BCUT2D eigenvalue weighted by Gasteiger charge is -2.17. The molecule has 1 fully saturated rings. The van der Waals surface area contributed by atoms with Crippen molar-refractivity contribution in [3.63, 3.8) is 0 Å². The molecule has 0 aliphatic carbocycles. The maximum atomic E-state index is 12.3. The first-order valence-electron chi connectivity index (χ1n) is 9.81. The van der Waals surface area contributed by atoms with E-state index in [-0.39, 0.29) is 17.2 Å². The number of hydrogen-bond donors (Lipinski definition) is 2. The van der Waals surface area contributed by atoms with Gasteiger partial charge in [0.05, 0.1) is 0 Å². The average Bonchev–Trinajstić information content (AvgIpc) is 3.26. The van der Waals surface area contributed by atoms with E-state index in [0.717, 1.165) is 40.9 Å². The molecule has 1 amide bonds. The maximum absolute atomic E-state index is 12.3. The zero-order valence-corrected chi connectivity index (χ0v) is 16.9. The molecule has 1 saturated heterocycles. The van der Waals surface area contributed by atoms with Crippen molar-refractivity contribution in [3.05, 3.63) is 64.2 Å². The number of carbonyl (C=O) groups excluding carboxylic acids is 1. The minimum absolute atomic E-state index is 0.171. The number of anilines is 4. The number of aromatic nitrogens is 4. The van der Waals surface area contributed by atoms with E-state index in [1.807, 2.05) is 25.1 Å². The highest BCUT2D eigenvalue weighted by molar-refractivity contribution is 6.02. The van der Waals surface area contributed by atoms with Gasteiger partial charge in [-0.1, -0.05) is 0 Å². The van der Waals surface area contributed by atoms with Gasteiger partial charge in [-0.05, 0) is 50.1 Å². The van der Waals surface area contributed by atoms with Gasteiger partial charge in [-0.15, -0.1) is 0 Å². The van der Waals surface area contributed by atoms with E-state index in [9.17, 15) is 9.59 Å². The van der Waals surface area contributed by atoms with E-state index in [1.165, 1.54) is 32.0 Å². The molecule has 0 spiro atoms. The SMILES string of the molecule is Cc1cc(Nc2ccc(NC(=O)c3ccc(=O)n(C)n3)cc2)nc(N2CCCC2)n1. The van der Waals surface area contributed by atoms with Crippen molar-refractivity contribution in [2.75, 3.05) is 28.6 Å². The summed E-state index contributed by atoms with van der Waals surface area (Å²) in [6.45, 7) is 3.93. The molecule has 0 bridgehead atoms. The average molecular weight is 405 g/mol. The molecule has 3 aromatic rings. The van der Waals surface area contributed by atoms with Gasteiger partial charge in [0.25, 0.3) is 11.5 Å². The Labute approximate surface area is 173 Å². The van der Waals surface area contributed by atoms with Crippen molar-refractivity contribution in [1.82, 2.24) is 19.7 Å². The lowest BCUT2D eigenvalue weighted by atomic mass is 10.2. The summed E-state index contributed by atoms with van der Waals surface area (Å²) in [5.74, 6) is 1.10. The van der Waals surface area contributed by atoms with E-state index in [4.69, 9.17) is 0 Å². The second-order valence-corrected chi connectivity index (χ2v) is 7.23. The summed E-state index contributed by atoms with van der Waals surface area (Å²) in [6.07, 6.45) is 2.34. The number of carbonyl (C=O) groups is 1. The number of aryl methyl sites for hydroxylation is 2. The van der Waals surface area contributed by atoms with Crippen LogP contribution in [0.15, 0.2) is 47.3 Å². The molecule has 0 radical (unpaired) electrons. The van der Waals surface area contributed by atoms with Crippen LogP contribution in [0.4, 0.5) is 23.1 Å². The van der Waals surface area contributed by atoms with Crippen LogP contribution in [-0.4, -0.2) is 38.7 Å². The fourth-order valence-corrected chi connectivity index (χ4v) is 3.28. The number of amides is 1. The van der Waals surface area contributed by atoms with Crippen molar-refractivity contribution in [2.45, 2.75) is 19.8 Å². The molecule has 9 nitrogen and oxygen atoms in total. The van der Waals surface area contributed by atoms with E-state index in [1.54, 1.807) is 12.1 Å². The fourth-order valence-electron chi connectivity index (χ4n) is 3.28. The van der Waals surface area contributed by atoms with E-state index < -0.39 is 0 Å². The third kappa shape index (κ3) is 4.45. The summed E-state index contributed by atoms with van der Waals surface area (Å²) < 4.78 is 1.13. The first kappa shape index (κ1) is 19.6. The van der Waals surface area contributed by atoms with Crippen LogP contribution in [0.2, 0.25) is 0 Å². The predicted octanol–water partition coefficient (Wildman–Crippen LogP) is 2.47. The predicted molar refractivity (Wildman–Crippen MR) is 115 cm³/mol. The third-order valence-electron chi connectivity index (χ3n) is 4.84. The number of rotatable bonds is 5. The molecule has 4 rings (SSSR count). The van der Waals surface area contributed by atoms with Crippen LogP contribution < -0.4 is 21.1 Å². The summed E-state index contributed by atoms with van der Waals surface area (Å²) >= 11 is 0. The molecule has 9 heteroatoms. The molecular formula is C21H23N7O2. The van der Waals surface area contributed by atoms with Gasteiger partial charge in [-0.25, -0.2) is 9.67 Å². The quantitative estimate of drug-likeness (QED) is 0.672. The Morgan fingerprint density at radius 2 is 1.70 bits per heavy atom. The largest absolute Gasteiger partial charge is 0.341 e. The van der Waals surface area contributed by atoms with Crippen molar-refractivity contribution >= 4 is 29.0 Å². The first-order valence-corrected chi connectivity index (χ1v) is 9.81. The number of nitrogens with one attached hydrogen (secondary N) is 2. The van der Waals surface area contributed by atoms with Crippen molar-refractivity contribution in [3.8, 4) is 0 Å². The smallest absolute Gasteiger partial charge is 0.276 e. The molecule has 1 aliphatic heterocycles.